The van der Waals surface area contributed by atoms with Gasteiger partial charge >= 0.3 is 5.97 Å². The summed E-state index contributed by atoms with van der Waals surface area (Å²) in [5.41, 5.74) is 5.92. The number of nitrogens with zero attached hydrogens (tertiary/aromatic N) is 9. The molecule has 198 valence electrons. The molecule has 1 unspecified atom stereocenters. The number of H-pyrrole nitrogens is 2. The summed E-state index contributed by atoms with van der Waals surface area (Å²) in [6.07, 6.45) is 0.183. The Morgan fingerprint density at radius 1 is 1.37 bits per heavy atom. The summed E-state index contributed by atoms with van der Waals surface area (Å²) in [5.74, 6) is -2.04. The van der Waals surface area contributed by atoms with Crippen LogP contribution in [0.4, 0.5) is 5.13 Å². The van der Waals surface area contributed by atoms with Crippen LogP contribution < -0.4 is 11.1 Å². The first-order valence-corrected chi connectivity index (χ1v) is 13.3. The van der Waals surface area contributed by atoms with Crippen LogP contribution >= 0.6 is 34.9 Å². The van der Waals surface area contributed by atoms with Gasteiger partial charge in [0.1, 0.15) is 29.9 Å². The second kappa shape index (κ2) is 10.7. The third kappa shape index (κ3) is 4.89. The number of tetrazole rings is 2. The van der Waals surface area contributed by atoms with Gasteiger partial charge in [0.2, 0.25) is 5.16 Å². The Morgan fingerprint density at radius 2 is 2.16 bits per heavy atom. The van der Waals surface area contributed by atoms with Crippen molar-refractivity contribution < 1.29 is 24.3 Å². The number of oxime groups is 1. The second-order valence-electron chi connectivity index (χ2n) is 7.57. The van der Waals surface area contributed by atoms with Crippen LogP contribution in [0.3, 0.4) is 0 Å². The van der Waals surface area contributed by atoms with Gasteiger partial charge in [-0.25, -0.2) is 9.78 Å². The lowest BCUT2D eigenvalue weighted by Gasteiger charge is -2.50. The third-order valence-electron chi connectivity index (χ3n) is 5.37. The smallest absolute Gasteiger partial charge is 0.352 e. The molecule has 1 fully saturated rings. The Kier molecular flexibility index (Phi) is 7.20. The van der Waals surface area contributed by atoms with Gasteiger partial charge in [-0.3, -0.25) is 14.5 Å². The van der Waals surface area contributed by atoms with Gasteiger partial charge in [0, 0.05) is 22.8 Å². The Labute approximate surface area is 224 Å². The number of nitrogens with one attached hydrogen (secondary N) is 3. The lowest BCUT2D eigenvalue weighted by atomic mass is 10.00. The van der Waals surface area contributed by atoms with Gasteiger partial charge in [-0.15, -0.1) is 43.5 Å². The van der Waals surface area contributed by atoms with E-state index in [0.717, 1.165) is 28.0 Å². The molecule has 2 aliphatic rings. The van der Waals surface area contributed by atoms with Gasteiger partial charge in [-0.2, -0.15) is 10.4 Å². The molecular formula is C17H17N13O5S3. The molecular weight excluding hydrogens is 562 g/mol. The minimum atomic E-state index is -1.30. The van der Waals surface area contributed by atoms with Crippen LogP contribution in [0.5, 0.6) is 0 Å². The molecule has 0 aromatic carbocycles. The molecule has 0 spiro atoms. The standard InChI is InChI=1S/C17H17N13O5S3/c1-35-25-9(6-4-37-16(18)19-6)12(31)20-10-13(32)30-11(15(33)34)5(3-36-14(10)30)7(2-8-21-26-27-22-8)38-17-23-28-29-24-17/h4,7,10,14H,2-3H2,1H3,(H2,18,19)(H,20,31)(H,33,34)(H,21,22,26,27)(H,23,24,28,29)/t7?,10-,14-/m1/s1. The van der Waals surface area contributed by atoms with Crippen molar-refractivity contribution in [1.29, 1.82) is 0 Å². The summed E-state index contributed by atoms with van der Waals surface area (Å²) in [4.78, 5) is 48.5. The molecule has 0 bridgehead atoms. The molecule has 3 aromatic rings. The van der Waals surface area contributed by atoms with Crippen molar-refractivity contribution in [2.24, 2.45) is 5.16 Å². The average molecular weight is 580 g/mol. The van der Waals surface area contributed by atoms with Crippen molar-refractivity contribution in [3.05, 3.63) is 28.2 Å². The first-order chi connectivity index (χ1) is 18.4. The zero-order chi connectivity index (χ0) is 26.8. The van der Waals surface area contributed by atoms with E-state index in [1.807, 2.05) is 0 Å². The Bertz CT molecular complexity index is 1370. The molecule has 21 heteroatoms. The molecule has 1 saturated heterocycles. The molecule has 3 atom stereocenters. The number of aromatic amines is 2. The fourth-order valence-corrected chi connectivity index (χ4v) is 6.87. The average Bonchev–Trinajstić information content (AvgIpc) is 3.68. The zero-order valence-corrected chi connectivity index (χ0v) is 21.6. The normalized spacial score (nSPS) is 20.1. The molecule has 6 N–H and O–H groups in total. The van der Waals surface area contributed by atoms with Crippen molar-refractivity contribution in [1.82, 2.24) is 56.4 Å². The molecule has 0 aliphatic carbocycles. The molecule has 38 heavy (non-hydrogen) atoms. The minimum absolute atomic E-state index is 0.168. The van der Waals surface area contributed by atoms with Crippen LogP contribution in [0.2, 0.25) is 0 Å². The molecule has 5 rings (SSSR count). The number of aromatic nitrogens is 9. The van der Waals surface area contributed by atoms with Crippen LogP contribution in [-0.2, 0) is 25.6 Å². The quantitative estimate of drug-likeness (QED) is 0.0771. The first-order valence-electron chi connectivity index (χ1n) is 10.5. The number of nitrogens with two attached hydrogens (primary N) is 1. The van der Waals surface area contributed by atoms with Crippen LogP contribution in [0.25, 0.3) is 0 Å². The summed E-state index contributed by atoms with van der Waals surface area (Å²) in [6, 6.07) is -0.998. The maximum atomic E-state index is 13.2. The minimum Gasteiger partial charge on any atom is -0.477 e. The molecule has 2 amide bonds. The Hall–Kier alpha value is -4.11. The van der Waals surface area contributed by atoms with E-state index in [1.54, 1.807) is 0 Å². The van der Waals surface area contributed by atoms with Gasteiger partial charge in [0.15, 0.2) is 16.7 Å². The number of fused-ring (bicyclic) bond motifs is 1. The highest BCUT2D eigenvalue weighted by Gasteiger charge is 2.55. The van der Waals surface area contributed by atoms with Crippen LogP contribution in [-0.4, -0.2) is 109 Å². The summed E-state index contributed by atoms with van der Waals surface area (Å²) in [5, 5.41) is 44.8. The number of thioether (sulfide) groups is 2. The van der Waals surface area contributed by atoms with Crippen LogP contribution in [0.1, 0.15) is 11.5 Å². The van der Waals surface area contributed by atoms with E-state index in [-0.39, 0.29) is 39.6 Å². The number of amides is 2. The molecule has 0 saturated carbocycles. The molecule has 18 nitrogen and oxygen atoms in total. The number of rotatable bonds is 10. The highest BCUT2D eigenvalue weighted by Crippen LogP contribution is 2.44. The van der Waals surface area contributed by atoms with Gasteiger partial charge in [-0.1, -0.05) is 22.1 Å². The second-order valence-corrected chi connectivity index (χ2v) is 10.7. The number of hydrogen-bond donors (Lipinski definition) is 5. The van der Waals surface area contributed by atoms with Gasteiger partial charge in [0.05, 0.1) is 0 Å². The van der Waals surface area contributed by atoms with Gasteiger partial charge in [-0.05, 0) is 10.8 Å². The maximum Gasteiger partial charge on any atom is 0.352 e. The number of hydrogen-bond acceptors (Lipinski definition) is 16. The van der Waals surface area contributed by atoms with E-state index in [2.05, 4.69) is 56.7 Å². The van der Waals surface area contributed by atoms with Crippen molar-refractivity contribution in [2.45, 2.75) is 28.2 Å². The van der Waals surface area contributed by atoms with Crippen molar-refractivity contribution in [3.63, 3.8) is 0 Å². The van der Waals surface area contributed by atoms with Crippen molar-refractivity contribution in [2.75, 3.05) is 18.6 Å². The lowest BCUT2D eigenvalue weighted by Crippen LogP contribution is -2.71. The number of carboxylic acids is 1. The summed E-state index contributed by atoms with van der Waals surface area (Å²) in [7, 11) is 1.26. The highest BCUT2D eigenvalue weighted by atomic mass is 32.2. The number of aliphatic carboxylic acids is 1. The highest BCUT2D eigenvalue weighted by molar-refractivity contribution is 8.01. The van der Waals surface area contributed by atoms with E-state index in [4.69, 9.17) is 10.6 Å². The Morgan fingerprint density at radius 3 is 2.79 bits per heavy atom. The van der Waals surface area contributed by atoms with E-state index in [9.17, 15) is 19.5 Å². The van der Waals surface area contributed by atoms with Crippen LogP contribution in [0.15, 0.2) is 27.0 Å². The number of nitrogen functional groups attached to an aromatic ring is 1. The number of carbonyl (C=O) groups is 3. The maximum absolute atomic E-state index is 13.2. The van der Waals surface area contributed by atoms with E-state index < -0.39 is 34.4 Å². The molecule has 2 aliphatic heterocycles. The molecule has 0 radical (unpaired) electrons. The number of carboxylic acid groups (broad SMARTS) is 1. The fraction of sp³-hybridized carbons (Fsp3) is 0.353. The predicted octanol–water partition coefficient (Wildman–Crippen LogP) is -1.76. The van der Waals surface area contributed by atoms with E-state index >= 15 is 0 Å². The zero-order valence-electron chi connectivity index (χ0n) is 19.1. The van der Waals surface area contributed by atoms with Crippen molar-refractivity contribution in [3.8, 4) is 0 Å². The fourth-order valence-electron chi connectivity index (χ4n) is 3.79. The topological polar surface area (TPSA) is 256 Å². The molecule has 5 heterocycles. The summed E-state index contributed by atoms with van der Waals surface area (Å²) >= 11 is 3.55. The van der Waals surface area contributed by atoms with E-state index in [1.165, 1.54) is 24.3 Å². The van der Waals surface area contributed by atoms with Gasteiger partial charge < -0.3 is 21.0 Å². The summed E-state index contributed by atoms with van der Waals surface area (Å²) < 4.78 is 0. The third-order valence-corrected chi connectivity index (χ3v) is 8.46. The number of thiazole rings is 1. The number of β-lactam (4-membered cyclic amide) rings is 1. The predicted molar refractivity (Wildman–Crippen MR) is 131 cm³/mol. The van der Waals surface area contributed by atoms with E-state index in [0.29, 0.717) is 11.4 Å². The number of anilines is 1. The van der Waals surface area contributed by atoms with Crippen LogP contribution in [0, 0.1) is 0 Å². The SMILES string of the molecule is CON=C(C(=O)N[C@@H]1C(=O)N2C(C(=O)O)=C(C(Cc3nn[nH]n3)Sc3nn[nH]n3)CS[C@H]12)c1csc(N)n1. The van der Waals surface area contributed by atoms with Crippen molar-refractivity contribution >= 4 is 63.5 Å². The van der Waals surface area contributed by atoms with Gasteiger partial charge in [0.25, 0.3) is 11.8 Å². The molecule has 3 aromatic heterocycles. The lowest BCUT2D eigenvalue weighted by molar-refractivity contribution is -0.150. The largest absolute Gasteiger partial charge is 0.477 e. The monoisotopic (exact) mass is 579 g/mol. The number of carbonyl (C=O) groups excluding carboxylic acids is 2. The first kappa shape index (κ1) is 25.5. The Balaban J connectivity index is 1.40. The summed E-state index contributed by atoms with van der Waals surface area (Å²) in [6.45, 7) is 0.